The molecule has 0 fully saturated rings. The Hall–Kier alpha value is 0.360. The van der Waals surface area contributed by atoms with Crippen molar-refractivity contribution in [2.75, 3.05) is 0 Å². The predicted octanol–water partition coefficient (Wildman–Crippen LogP) is 5.65. The maximum absolute atomic E-state index is 12.4. The topological polar surface area (TPSA) is 0 Å². The van der Waals surface area contributed by atoms with Crippen LogP contribution in [0.15, 0.2) is 12.1 Å². The normalized spacial score (nSPS) is 14.1. The number of hydrogen-bond donors (Lipinski definition) is 0. The van der Waals surface area contributed by atoms with Crippen LogP contribution in [-0.2, 0) is 0 Å². The molecule has 0 aromatic heterocycles. The second-order valence-electron chi connectivity index (χ2n) is 2.66. The molecule has 1 unspecified atom stereocenters. The molecule has 0 N–H and O–H groups in total. The number of rotatable bonds is 1. The molecule has 0 aliphatic carbocycles. The van der Waals surface area contributed by atoms with E-state index >= 15 is 0 Å². The van der Waals surface area contributed by atoms with Crippen molar-refractivity contribution in [1.29, 1.82) is 0 Å². The smallest absolute Gasteiger partial charge is 0.169 e. The Bertz CT molecular complexity index is 378. The van der Waals surface area contributed by atoms with Crippen molar-refractivity contribution >= 4 is 50.7 Å². The van der Waals surface area contributed by atoms with Crippen LogP contribution in [0.3, 0.4) is 0 Å². The van der Waals surface area contributed by atoms with Crippen molar-refractivity contribution in [3.8, 4) is 0 Å². The Balaban J connectivity index is 3.31. The largest absolute Gasteiger partial charge is 0.405 e. The minimum Gasteiger partial charge on any atom is -0.169 e. The molecule has 0 amide bonds. The van der Waals surface area contributed by atoms with Gasteiger partial charge in [-0.3, -0.25) is 0 Å². The van der Waals surface area contributed by atoms with Gasteiger partial charge in [-0.1, -0.05) is 50.7 Å². The van der Waals surface area contributed by atoms with Gasteiger partial charge in [0.15, 0.2) is 0 Å². The molecule has 0 spiro atoms. The fraction of sp³-hybridized carbons (Fsp3) is 0.250. The molecule has 1 aromatic carbocycles. The van der Waals surface area contributed by atoms with E-state index in [1.54, 1.807) is 0 Å². The van der Waals surface area contributed by atoms with Gasteiger partial charge in [0.25, 0.3) is 0 Å². The van der Waals surface area contributed by atoms with Crippen LogP contribution in [0.1, 0.15) is 10.4 Å². The average Bonchev–Trinajstić information content (AvgIpc) is 2.10. The van der Waals surface area contributed by atoms with Crippen molar-refractivity contribution in [3.63, 3.8) is 0 Å². The number of hydrogen-bond acceptors (Lipinski definition) is 0. The first-order valence-corrected chi connectivity index (χ1v) is 5.64. The van der Waals surface area contributed by atoms with Gasteiger partial charge in [-0.25, -0.2) is 0 Å². The highest BCUT2D eigenvalue weighted by molar-refractivity contribution is 9.09. The van der Waals surface area contributed by atoms with Crippen LogP contribution in [0.25, 0.3) is 0 Å². The maximum atomic E-state index is 12.4. The van der Waals surface area contributed by atoms with E-state index in [1.165, 1.54) is 12.1 Å². The van der Waals surface area contributed by atoms with Gasteiger partial charge >= 0.3 is 6.18 Å². The van der Waals surface area contributed by atoms with Gasteiger partial charge in [-0.15, -0.1) is 0 Å². The molecule has 0 radical (unpaired) electrons. The second-order valence-corrected chi connectivity index (χ2v) is 4.77. The molecule has 0 bridgehead atoms. The summed E-state index contributed by atoms with van der Waals surface area (Å²) in [6.07, 6.45) is -4.47. The van der Waals surface area contributed by atoms with E-state index < -0.39 is 11.0 Å². The highest BCUT2D eigenvalue weighted by Crippen LogP contribution is 2.46. The highest BCUT2D eigenvalue weighted by Gasteiger charge is 2.41. The molecule has 1 aromatic rings. The van der Waals surface area contributed by atoms with E-state index in [4.69, 9.17) is 34.8 Å². The van der Waals surface area contributed by atoms with Crippen LogP contribution < -0.4 is 0 Å². The molecule has 0 saturated heterocycles. The SMILES string of the molecule is FC(F)(F)C(Br)c1c(Cl)ccc(Cl)c1Cl. The second kappa shape index (κ2) is 4.70. The molecule has 1 rings (SSSR count). The number of benzene rings is 1. The van der Waals surface area contributed by atoms with E-state index in [0.29, 0.717) is 0 Å². The van der Waals surface area contributed by atoms with E-state index in [-0.39, 0.29) is 20.6 Å². The first-order chi connectivity index (χ1) is 6.75. The molecule has 0 saturated carbocycles. The van der Waals surface area contributed by atoms with Crippen molar-refractivity contribution in [3.05, 3.63) is 32.8 Å². The van der Waals surface area contributed by atoms with Gasteiger partial charge in [-0.05, 0) is 12.1 Å². The van der Waals surface area contributed by atoms with E-state index in [0.717, 1.165) is 0 Å². The third kappa shape index (κ3) is 2.93. The zero-order valence-corrected chi connectivity index (χ0v) is 10.7. The highest BCUT2D eigenvalue weighted by atomic mass is 79.9. The van der Waals surface area contributed by atoms with E-state index in [1.807, 2.05) is 0 Å². The lowest BCUT2D eigenvalue weighted by Gasteiger charge is -2.17. The Morgan fingerprint density at radius 1 is 1.07 bits per heavy atom. The van der Waals surface area contributed by atoms with E-state index in [2.05, 4.69) is 15.9 Å². The van der Waals surface area contributed by atoms with Crippen molar-refractivity contribution in [1.82, 2.24) is 0 Å². The molecule has 0 aliphatic heterocycles. The van der Waals surface area contributed by atoms with Gasteiger partial charge in [0.1, 0.15) is 4.83 Å². The van der Waals surface area contributed by atoms with Crippen LogP contribution in [0.2, 0.25) is 15.1 Å². The lowest BCUT2D eigenvalue weighted by molar-refractivity contribution is -0.128. The number of alkyl halides is 4. The Morgan fingerprint density at radius 2 is 1.53 bits per heavy atom. The third-order valence-electron chi connectivity index (χ3n) is 1.62. The van der Waals surface area contributed by atoms with E-state index in [9.17, 15) is 13.2 Å². The van der Waals surface area contributed by atoms with Crippen LogP contribution in [-0.4, -0.2) is 6.18 Å². The molecular formula is C8H3BrCl3F3. The summed E-state index contributed by atoms with van der Waals surface area (Å²) in [7, 11) is 0. The van der Waals surface area contributed by atoms with Gasteiger partial charge in [-0.2, -0.15) is 13.2 Å². The van der Waals surface area contributed by atoms with Crippen LogP contribution in [0.5, 0.6) is 0 Å². The molecular weight excluding hydrogens is 339 g/mol. The van der Waals surface area contributed by atoms with Gasteiger partial charge < -0.3 is 0 Å². The quantitative estimate of drug-likeness (QED) is 0.457. The molecule has 0 heterocycles. The summed E-state index contributed by atoms with van der Waals surface area (Å²) >= 11 is 19.4. The number of halogens is 7. The molecule has 1 atom stereocenters. The van der Waals surface area contributed by atoms with Crippen LogP contribution in [0, 0.1) is 0 Å². The Labute approximate surface area is 107 Å². The maximum Gasteiger partial charge on any atom is 0.405 e. The zero-order chi connectivity index (χ0) is 11.8. The van der Waals surface area contributed by atoms with Crippen molar-refractivity contribution < 1.29 is 13.2 Å². The summed E-state index contributed by atoms with van der Waals surface area (Å²) in [5.41, 5.74) is -0.265. The molecule has 0 nitrogen and oxygen atoms in total. The third-order valence-corrected chi connectivity index (χ3v) is 3.75. The van der Waals surface area contributed by atoms with Crippen molar-refractivity contribution in [2.45, 2.75) is 11.0 Å². The predicted molar refractivity (Wildman–Crippen MR) is 59.2 cm³/mol. The van der Waals surface area contributed by atoms with Gasteiger partial charge in [0.2, 0.25) is 0 Å². The summed E-state index contributed by atoms with van der Waals surface area (Å²) in [6, 6.07) is 2.61. The summed E-state index contributed by atoms with van der Waals surface area (Å²) in [5, 5.41) is -0.239. The van der Waals surface area contributed by atoms with Crippen LogP contribution in [0.4, 0.5) is 13.2 Å². The summed E-state index contributed by atoms with van der Waals surface area (Å²) in [6.45, 7) is 0. The first-order valence-electron chi connectivity index (χ1n) is 3.59. The zero-order valence-electron chi connectivity index (χ0n) is 6.88. The van der Waals surface area contributed by atoms with Gasteiger partial charge in [0.05, 0.1) is 10.0 Å². The lowest BCUT2D eigenvalue weighted by Crippen LogP contribution is -2.16. The minimum atomic E-state index is -4.47. The minimum absolute atomic E-state index is 0.0322. The molecule has 7 heteroatoms. The van der Waals surface area contributed by atoms with Gasteiger partial charge in [0, 0.05) is 10.6 Å². The first kappa shape index (κ1) is 13.4. The Morgan fingerprint density at radius 3 is 2.00 bits per heavy atom. The average molecular weight is 342 g/mol. The summed E-state index contributed by atoms with van der Waals surface area (Å²) < 4.78 is 37.3. The Kier molecular flexibility index (Phi) is 4.20. The monoisotopic (exact) mass is 340 g/mol. The lowest BCUT2D eigenvalue weighted by atomic mass is 10.1. The summed E-state index contributed by atoms with van der Waals surface area (Å²) in [4.78, 5) is -1.93. The van der Waals surface area contributed by atoms with Crippen LogP contribution >= 0.6 is 50.7 Å². The van der Waals surface area contributed by atoms with Crippen molar-refractivity contribution in [2.24, 2.45) is 0 Å². The standard InChI is InChI=1S/C8H3BrCl3F3/c9-7(8(13,14)15)5-3(10)1-2-4(11)6(5)12/h1-2,7H. The fourth-order valence-electron chi connectivity index (χ4n) is 0.939. The molecule has 15 heavy (non-hydrogen) atoms. The molecule has 0 aliphatic rings. The molecule has 84 valence electrons. The fourth-order valence-corrected chi connectivity index (χ4v) is 2.43. The summed E-state index contributed by atoms with van der Waals surface area (Å²) in [5.74, 6) is 0.